The number of anilines is 1. The molecule has 18 heavy (non-hydrogen) atoms. The zero-order chi connectivity index (χ0) is 13.0. The first-order valence-electron chi connectivity index (χ1n) is 6.31. The molecule has 0 saturated heterocycles. The van der Waals surface area contributed by atoms with Crippen LogP contribution in [0.25, 0.3) is 0 Å². The minimum atomic E-state index is -0.0572. The van der Waals surface area contributed by atoms with E-state index < -0.39 is 0 Å². The summed E-state index contributed by atoms with van der Waals surface area (Å²) < 4.78 is 0. The summed E-state index contributed by atoms with van der Waals surface area (Å²) in [6.45, 7) is 0.583. The van der Waals surface area contributed by atoms with Gasteiger partial charge in [-0.2, -0.15) is 5.26 Å². The van der Waals surface area contributed by atoms with Crippen LogP contribution in [0.1, 0.15) is 30.4 Å². The molecule has 1 aliphatic rings. The lowest BCUT2D eigenvalue weighted by Gasteiger charge is -2.39. The normalized spacial score (nSPS) is 14.9. The molecule has 4 nitrogen and oxygen atoms in total. The molecule has 96 valence electrons. The van der Waals surface area contributed by atoms with Crippen molar-refractivity contribution in [1.29, 1.82) is 5.26 Å². The van der Waals surface area contributed by atoms with Crippen molar-refractivity contribution in [2.75, 3.05) is 18.1 Å². The number of benzene rings is 1. The maximum Gasteiger partial charge on any atom is 0.101 e. The second kappa shape index (κ2) is 5.85. The van der Waals surface area contributed by atoms with Gasteiger partial charge in [-0.15, -0.1) is 0 Å². The van der Waals surface area contributed by atoms with Gasteiger partial charge in [0.05, 0.1) is 24.5 Å². The van der Waals surface area contributed by atoms with Gasteiger partial charge in [0.25, 0.3) is 0 Å². The largest absolute Gasteiger partial charge is 0.395 e. The van der Waals surface area contributed by atoms with Gasteiger partial charge in [0.1, 0.15) is 6.07 Å². The molecular weight excluding hydrogens is 228 g/mol. The third-order valence-corrected chi connectivity index (χ3v) is 3.53. The summed E-state index contributed by atoms with van der Waals surface area (Å²) in [5, 5.41) is 27.5. The SMILES string of the molecule is N#Cc1cc(CO)ccc1N(CCO)C1CCC1. The Bertz CT molecular complexity index is 450. The number of aliphatic hydroxyl groups excluding tert-OH is 2. The van der Waals surface area contributed by atoms with E-state index in [4.69, 9.17) is 10.2 Å². The van der Waals surface area contributed by atoms with Crippen molar-refractivity contribution in [2.24, 2.45) is 0 Å². The summed E-state index contributed by atoms with van der Waals surface area (Å²) in [4.78, 5) is 2.11. The van der Waals surface area contributed by atoms with Gasteiger partial charge in [0, 0.05) is 12.6 Å². The van der Waals surface area contributed by atoms with Crippen molar-refractivity contribution in [3.05, 3.63) is 29.3 Å². The van der Waals surface area contributed by atoms with Crippen molar-refractivity contribution >= 4 is 5.69 Å². The van der Waals surface area contributed by atoms with Crippen LogP contribution in [0.2, 0.25) is 0 Å². The van der Waals surface area contributed by atoms with Crippen LogP contribution >= 0.6 is 0 Å². The van der Waals surface area contributed by atoms with Gasteiger partial charge in [-0.3, -0.25) is 0 Å². The molecule has 4 heteroatoms. The number of nitrogens with zero attached hydrogens (tertiary/aromatic N) is 2. The Labute approximate surface area is 107 Å². The van der Waals surface area contributed by atoms with Crippen LogP contribution in [0.15, 0.2) is 18.2 Å². The van der Waals surface area contributed by atoms with Crippen molar-refractivity contribution in [1.82, 2.24) is 0 Å². The quantitative estimate of drug-likeness (QED) is 0.824. The third kappa shape index (κ3) is 2.47. The van der Waals surface area contributed by atoms with Gasteiger partial charge < -0.3 is 15.1 Å². The van der Waals surface area contributed by atoms with Gasteiger partial charge in [-0.1, -0.05) is 6.07 Å². The van der Waals surface area contributed by atoms with Crippen LogP contribution < -0.4 is 4.90 Å². The molecule has 0 aromatic heterocycles. The lowest BCUT2D eigenvalue weighted by molar-refractivity contribution is 0.281. The van der Waals surface area contributed by atoms with E-state index >= 15 is 0 Å². The molecule has 0 unspecified atom stereocenters. The molecule has 2 N–H and O–H groups in total. The van der Waals surface area contributed by atoms with E-state index in [2.05, 4.69) is 11.0 Å². The lowest BCUT2D eigenvalue weighted by Crippen LogP contribution is -2.42. The summed E-state index contributed by atoms with van der Waals surface area (Å²) in [5.41, 5.74) is 2.18. The van der Waals surface area contributed by atoms with E-state index in [1.54, 1.807) is 6.07 Å². The first-order chi connectivity index (χ1) is 8.80. The predicted molar refractivity (Wildman–Crippen MR) is 69.2 cm³/mol. The molecule has 1 aliphatic carbocycles. The van der Waals surface area contributed by atoms with Crippen LogP contribution in [0, 0.1) is 11.3 Å². The zero-order valence-corrected chi connectivity index (χ0v) is 10.3. The molecule has 0 spiro atoms. The summed E-state index contributed by atoms with van der Waals surface area (Å²) in [6, 6.07) is 8.04. The van der Waals surface area contributed by atoms with Crippen LogP contribution in [0.4, 0.5) is 5.69 Å². The summed E-state index contributed by atoms with van der Waals surface area (Å²) in [7, 11) is 0. The summed E-state index contributed by atoms with van der Waals surface area (Å²) >= 11 is 0. The Morgan fingerprint density at radius 3 is 2.61 bits per heavy atom. The lowest BCUT2D eigenvalue weighted by atomic mass is 9.90. The van der Waals surface area contributed by atoms with Gasteiger partial charge in [0.2, 0.25) is 0 Å². The maximum absolute atomic E-state index is 9.21. The average Bonchev–Trinajstić information content (AvgIpc) is 2.35. The number of hydrogen-bond donors (Lipinski definition) is 2. The molecule has 1 fully saturated rings. The third-order valence-electron chi connectivity index (χ3n) is 3.53. The summed E-state index contributed by atoms with van der Waals surface area (Å²) in [6.07, 6.45) is 3.45. The van der Waals surface area contributed by atoms with E-state index in [0.717, 1.165) is 24.1 Å². The monoisotopic (exact) mass is 246 g/mol. The van der Waals surface area contributed by atoms with Crippen molar-refractivity contribution in [2.45, 2.75) is 31.9 Å². The standard InChI is InChI=1S/C14H18N2O2/c15-9-12-8-11(10-18)4-5-14(12)16(6-7-17)13-2-1-3-13/h4-5,8,13,17-18H,1-3,6-7,10H2. The van der Waals surface area contributed by atoms with Crippen molar-refractivity contribution in [3.63, 3.8) is 0 Å². The number of rotatable bonds is 5. The molecule has 1 aromatic rings. The van der Waals surface area contributed by atoms with Crippen LogP contribution in [0.5, 0.6) is 0 Å². The van der Waals surface area contributed by atoms with E-state index in [9.17, 15) is 5.26 Å². The van der Waals surface area contributed by atoms with Crippen molar-refractivity contribution < 1.29 is 10.2 Å². The molecule has 0 atom stereocenters. The molecule has 1 aromatic carbocycles. The molecule has 0 bridgehead atoms. The second-order valence-corrected chi connectivity index (χ2v) is 4.62. The van der Waals surface area contributed by atoms with Gasteiger partial charge in [0.15, 0.2) is 0 Å². The highest BCUT2D eigenvalue weighted by Gasteiger charge is 2.26. The van der Waals surface area contributed by atoms with E-state index in [1.165, 1.54) is 6.42 Å². The fourth-order valence-electron chi connectivity index (χ4n) is 2.33. The predicted octanol–water partition coefficient (Wildman–Crippen LogP) is 1.40. The maximum atomic E-state index is 9.21. The zero-order valence-electron chi connectivity index (χ0n) is 10.3. The minimum absolute atomic E-state index is 0.0572. The van der Waals surface area contributed by atoms with Crippen LogP contribution in [-0.4, -0.2) is 29.4 Å². The van der Waals surface area contributed by atoms with E-state index in [-0.39, 0.29) is 13.2 Å². The van der Waals surface area contributed by atoms with E-state index in [1.807, 2.05) is 12.1 Å². The second-order valence-electron chi connectivity index (χ2n) is 4.62. The van der Waals surface area contributed by atoms with E-state index in [0.29, 0.717) is 18.2 Å². The number of aliphatic hydroxyl groups is 2. The highest BCUT2D eigenvalue weighted by molar-refractivity contribution is 5.61. The number of hydrogen-bond acceptors (Lipinski definition) is 4. The van der Waals surface area contributed by atoms with Gasteiger partial charge in [-0.25, -0.2) is 0 Å². The highest BCUT2D eigenvalue weighted by Crippen LogP contribution is 2.31. The average molecular weight is 246 g/mol. The highest BCUT2D eigenvalue weighted by atomic mass is 16.3. The molecule has 0 amide bonds. The Hall–Kier alpha value is -1.57. The molecule has 0 heterocycles. The topological polar surface area (TPSA) is 67.5 Å². The molecule has 1 saturated carbocycles. The Balaban J connectivity index is 2.31. The fraction of sp³-hybridized carbons (Fsp3) is 0.500. The molecular formula is C14H18N2O2. The Morgan fingerprint density at radius 1 is 1.33 bits per heavy atom. The van der Waals surface area contributed by atoms with Crippen molar-refractivity contribution in [3.8, 4) is 6.07 Å². The Morgan fingerprint density at radius 2 is 2.11 bits per heavy atom. The van der Waals surface area contributed by atoms with Crippen LogP contribution in [-0.2, 0) is 6.61 Å². The van der Waals surface area contributed by atoms with Gasteiger partial charge in [-0.05, 0) is 37.0 Å². The first-order valence-corrected chi connectivity index (χ1v) is 6.31. The molecule has 2 rings (SSSR count). The fourth-order valence-corrected chi connectivity index (χ4v) is 2.33. The molecule has 0 radical (unpaired) electrons. The Kier molecular flexibility index (Phi) is 4.19. The van der Waals surface area contributed by atoms with Gasteiger partial charge >= 0.3 is 0 Å². The molecule has 0 aliphatic heterocycles. The minimum Gasteiger partial charge on any atom is -0.395 e. The number of nitriles is 1. The first kappa shape index (κ1) is 12.9. The summed E-state index contributed by atoms with van der Waals surface area (Å²) in [5.74, 6) is 0. The smallest absolute Gasteiger partial charge is 0.101 e. The van der Waals surface area contributed by atoms with Crippen LogP contribution in [0.3, 0.4) is 0 Å².